The topological polar surface area (TPSA) is 73.2 Å². The van der Waals surface area contributed by atoms with Gasteiger partial charge in [-0.2, -0.15) is 18.3 Å². The largest absolute Gasteiger partial charge is 0.465 e. The summed E-state index contributed by atoms with van der Waals surface area (Å²) in [5.74, 6) is -1.07. The molecule has 1 amide bonds. The van der Waals surface area contributed by atoms with E-state index in [0.717, 1.165) is 10.7 Å². The molecule has 0 atom stereocenters. The molecule has 32 heavy (non-hydrogen) atoms. The fourth-order valence-electron chi connectivity index (χ4n) is 2.90. The molecular formula is C21H16Cl2F3N3O3. The standard InChI is InChI=1S/C21H16Cl2F3N3O3/c1-32-20(31)16-6-5-12(7-17(16)23)8-19(30)27-11-15-10-18(21(24,25)26)28-29(15)14-4-2-3-13(22)9-14/h2-7,9-10H,8,11H2,1H3,(H,27,30). The number of carbonyl (C=O) groups is 2. The molecule has 1 N–H and O–H groups in total. The first-order valence-corrected chi connectivity index (χ1v) is 9.89. The highest BCUT2D eigenvalue weighted by molar-refractivity contribution is 6.33. The van der Waals surface area contributed by atoms with Crippen molar-refractivity contribution in [3.8, 4) is 5.69 Å². The number of ether oxygens (including phenoxy) is 1. The van der Waals surface area contributed by atoms with Gasteiger partial charge < -0.3 is 10.1 Å². The van der Waals surface area contributed by atoms with E-state index in [-0.39, 0.29) is 29.2 Å². The first-order valence-electron chi connectivity index (χ1n) is 9.14. The second kappa shape index (κ2) is 9.62. The zero-order valence-corrected chi connectivity index (χ0v) is 18.1. The molecule has 3 aromatic rings. The SMILES string of the molecule is COC(=O)c1ccc(CC(=O)NCc2cc(C(F)(F)F)nn2-c2cccc(Cl)c2)cc1Cl. The van der Waals surface area contributed by atoms with E-state index in [1.54, 1.807) is 18.2 Å². The van der Waals surface area contributed by atoms with Crippen molar-refractivity contribution in [2.24, 2.45) is 0 Å². The number of aromatic nitrogens is 2. The van der Waals surface area contributed by atoms with Crippen LogP contribution in [0.15, 0.2) is 48.5 Å². The van der Waals surface area contributed by atoms with Gasteiger partial charge in [0.05, 0.1) is 42.0 Å². The van der Waals surface area contributed by atoms with Gasteiger partial charge in [-0.3, -0.25) is 4.79 Å². The molecule has 0 bridgehead atoms. The number of esters is 1. The lowest BCUT2D eigenvalue weighted by Gasteiger charge is -2.10. The van der Waals surface area contributed by atoms with E-state index < -0.39 is 23.7 Å². The van der Waals surface area contributed by atoms with Crippen LogP contribution in [0, 0.1) is 0 Å². The van der Waals surface area contributed by atoms with Crippen LogP contribution >= 0.6 is 23.2 Å². The zero-order valence-electron chi connectivity index (χ0n) is 16.5. The summed E-state index contributed by atoms with van der Waals surface area (Å²) in [6.45, 7) is -0.206. The highest BCUT2D eigenvalue weighted by atomic mass is 35.5. The van der Waals surface area contributed by atoms with Gasteiger partial charge in [0.1, 0.15) is 0 Å². The van der Waals surface area contributed by atoms with Gasteiger partial charge in [0.25, 0.3) is 0 Å². The van der Waals surface area contributed by atoms with E-state index in [1.807, 2.05) is 0 Å². The van der Waals surface area contributed by atoms with Crippen LogP contribution in [0.1, 0.15) is 27.3 Å². The molecule has 0 fully saturated rings. The Hall–Kier alpha value is -3.04. The van der Waals surface area contributed by atoms with Gasteiger partial charge >= 0.3 is 12.1 Å². The lowest BCUT2D eigenvalue weighted by molar-refractivity contribution is -0.141. The maximum atomic E-state index is 13.2. The minimum atomic E-state index is -4.65. The van der Waals surface area contributed by atoms with E-state index in [0.29, 0.717) is 16.3 Å². The third-order valence-corrected chi connectivity index (χ3v) is 4.94. The molecule has 168 valence electrons. The van der Waals surface area contributed by atoms with Crippen molar-refractivity contribution >= 4 is 35.1 Å². The number of benzene rings is 2. The van der Waals surface area contributed by atoms with Crippen LogP contribution in [0.4, 0.5) is 13.2 Å². The molecule has 0 radical (unpaired) electrons. The molecule has 11 heteroatoms. The first kappa shape index (κ1) is 23.6. The predicted molar refractivity (Wildman–Crippen MR) is 112 cm³/mol. The predicted octanol–water partition coefficient (Wildman–Crippen LogP) is 4.84. The lowest BCUT2D eigenvalue weighted by Crippen LogP contribution is -2.25. The number of nitrogens with one attached hydrogen (secondary N) is 1. The van der Waals surface area contributed by atoms with Crippen LogP contribution in [0.25, 0.3) is 5.69 Å². The fraction of sp³-hybridized carbons (Fsp3) is 0.190. The van der Waals surface area contributed by atoms with Crippen molar-refractivity contribution in [2.75, 3.05) is 7.11 Å². The summed E-state index contributed by atoms with van der Waals surface area (Å²) in [6, 6.07) is 11.5. The number of amides is 1. The Morgan fingerprint density at radius 2 is 1.88 bits per heavy atom. The average molecular weight is 486 g/mol. The monoisotopic (exact) mass is 485 g/mol. The molecule has 2 aromatic carbocycles. The fourth-order valence-corrected chi connectivity index (χ4v) is 3.36. The summed E-state index contributed by atoms with van der Waals surface area (Å²) < 4.78 is 45.2. The van der Waals surface area contributed by atoms with Crippen molar-refractivity contribution in [1.82, 2.24) is 15.1 Å². The molecule has 0 aliphatic heterocycles. The number of alkyl halides is 3. The molecule has 0 aliphatic rings. The van der Waals surface area contributed by atoms with E-state index >= 15 is 0 Å². The van der Waals surface area contributed by atoms with Crippen LogP contribution in [0.3, 0.4) is 0 Å². The number of methoxy groups -OCH3 is 1. The number of halogens is 5. The van der Waals surface area contributed by atoms with Gasteiger partial charge in [0, 0.05) is 5.02 Å². The smallest absolute Gasteiger partial charge is 0.435 e. The van der Waals surface area contributed by atoms with Gasteiger partial charge in [-0.15, -0.1) is 0 Å². The quantitative estimate of drug-likeness (QED) is 0.506. The molecule has 0 saturated carbocycles. The molecular weight excluding hydrogens is 470 g/mol. The number of hydrogen-bond donors (Lipinski definition) is 1. The summed E-state index contributed by atoms with van der Waals surface area (Å²) in [5, 5.41) is 6.64. The van der Waals surface area contributed by atoms with Crippen molar-refractivity contribution < 1.29 is 27.5 Å². The summed E-state index contributed by atoms with van der Waals surface area (Å²) in [7, 11) is 1.22. The molecule has 0 saturated heterocycles. The van der Waals surface area contributed by atoms with Gasteiger partial charge in [0.15, 0.2) is 5.69 Å². The van der Waals surface area contributed by atoms with E-state index in [9.17, 15) is 22.8 Å². The second-order valence-electron chi connectivity index (χ2n) is 6.67. The number of rotatable bonds is 6. The van der Waals surface area contributed by atoms with E-state index in [4.69, 9.17) is 23.2 Å². The first-order chi connectivity index (χ1) is 15.1. The number of nitrogens with zero attached hydrogens (tertiary/aromatic N) is 2. The van der Waals surface area contributed by atoms with Crippen molar-refractivity contribution in [1.29, 1.82) is 0 Å². The molecule has 0 spiro atoms. The summed E-state index contributed by atoms with van der Waals surface area (Å²) in [4.78, 5) is 23.9. The van der Waals surface area contributed by atoms with Crippen LogP contribution < -0.4 is 5.32 Å². The minimum absolute atomic E-state index is 0.0986. The van der Waals surface area contributed by atoms with Gasteiger partial charge in [-0.05, 0) is 42.0 Å². The van der Waals surface area contributed by atoms with Gasteiger partial charge in [0.2, 0.25) is 5.91 Å². The molecule has 3 rings (SSSR count). The van der Waals surface area contributed by atoms with Crippen molar-refractivity contribution in [3.05, 3.63) is 81.1 Å². The Morgan fingerprint density at radius 1 is 1.12 bits per heavy atom. The Kier molecular flexibility index (Phi) is 7.10. The summed E-state index contributed by atoms with van der Waals surface area (Å²) in [5.41, 5.74) is 0.0178. The normalized spacial score (nSPS) is 11.3. The maximum Gasteiger partial charge on any atom is 0.435 e. The second-order valence-corrected chi connectivity index (χ2v) is 7.51. The molecule has 0 unspecified atom stereocenters. The minimum Gasteiger partial charge on any atom is -0.465 e. The van der Waals surface area contributed by atoms with Crippen LogP contribution in [0.2, 0.25) is 10.0 Å². The van der Waals surface area contributed by atoms with E-state index in [1.165, 1.54) is 31.4 Å². The van der Waals surface area contributed by atoms with Gasteiger partial charge in [-0.1, -0.05) is 35.3 Å². The zero-order chi connectivity index (χ0) is 23.5. The Balaban J connectivity index is 1.76. The molecule has 6 nitrogen and oxygen atoms in total. The van der Waals surface area contributed by atoms with Crippen LogP contribution in [0.5, 0.6) is 0 Å². The lowest BCUT2D eigenvalue weighted by atomic mass is 10.1. The molecule has 1 heterocycles. The van der Waals surface area contributed by atoms with Crippen LogP contribution in [-0.2, 0) is 28.7 Å². The molecule has 0 aliphatic carbocycles. The highest BCUT2D eigenvalue weighted by Gasteiger charge is 2.35. The third-order valence-electron chi connectivity index (χ3n) is 4.40. The Bertz CT molecular complexity index is 1160. The average Bonchev–Trinajstić information content (AvgIpc) is 3.17. The Labute approximate surface area is 190 Å². The number of carbonyl (C=O) groups excluding carboxylic acids is 2. The maximum absolute atomic E-state index is 13.2. The van der Waals surface area contributed by atoms with E-state index in [2.05, 4.69) is 15.2 Å². The summed E-state index contributed by atoms with van der Waals surface area (Å²) in [6.07, 6.45) is -4.75. The highest BCUT2D eigenvalue weighted by Crippen LogP contribution is 2.30. The third kappa shape index (κ3) is 5.60. The van der Waals surface area contributed by atoms with Crippen LogP contribution in [-0.4, -0.2) is 28.8 Å². The van der Waals surface area contributed by atoms with Crippen molar-refractivity contribution in [3.63, 3.8) is 0 Å². The summed E-state index contributed by atoms with van der Waals surface area (Å²) >= 11 is 12.0. The van der Waals surface area contributed by atoms with Gasteiger partial charge in [-0.25, -0.2) is 9.48 Å². The molecule has 1 aromatic heterocycles. The van der Waals surface area contributed by atoms with Crippen molar-refractivity contribution in [2.45, 2.75) is 19.1 Å². The number of hydrogen-bond acceptors (Lipinski definition) is 4. The Morgan fingerprint density at radius 3 is 2.50 bits per heavy atom.